The van der Waals surface area contributed by atoms with Gasteiger partial charge in [-0.2, -0.15) is 5.10 Å². The van der Waals surface area contributed by atoms with Gasteiger partial charge in [-0.15, -0.1) is 0 Å². The molecule has 0 spiro atoms. The average Bonchev–Trinajstić information content (AvgIpc) is 2.84. The first kappa shape index (κ1) is 13.8. The van der Waals surface area contributed by atoms with Gasteiger partial charge in [0, 0.05) is 31.5 Å². The molecule has 0 bridgehead atoms. The SMILES string of the molecule is CNC1CCCN(C(=O)c2ccnn2C)c2ccccc21. The first-order chi connectivity index (χ1) is 10.2. The molecule has 0 saturated heterocycles. The van der Waals surface area contributed by atoms with Crippen LogP contribution >= 0.6 is 0 Å². The Morgan fingerprint density at radius 3 is 2.86 bits per heavy atom. The van der Waals surface area contributed by atoms with E-state index in [-0.39, 0.29) is 5.91 Å². The minimum absolute atomic E-state index is 0.0132. The van der Waals surface area contributed by atoms with E-state index in [1.807, 2.05) is 30.1 Å². The molecule has 0 fully saturated rings. The van der Waals surface area contributed by atoms with Gasteiger partial charge in [0.05, 0.1) is 0 Å². The summed E-state index contributed by atoms with van der Waals surface area (Å²) in [6, 6.07) is 10.2. The van der Waals surface area contributed by atoms with Gasteiger partial charge >= 0.3 is 0 Å². The van der Waals surface area contributed by atoms with Crippen molar-refractivity contribution in [1.82, 2.24) is 15.1 Å². The summed E-state index contributed by atoms with van der Waals surface area (Å²) in [6.07, 6.45) is 3.67. The highest BCUT2D eigenvalue weighted by Gasteiger charge is 2.27. The molecule has 1 unspecified atom stereocenters. The van der Waals surface area contributed by atoms with Crippen LogP contribution in [0.2, 0.25) is 0 Å². The Hall–Kier alpha value is -2.14. The van der Waals surface area contributed by atoms with Crippen LogP contribution in [0.3, 0.4) is 0 Å². The molecule has 2 heterocycles. The lowest BCUT2D eigenvalue weighted by Crippen LogP contribution is -2.33. The number of hydrogen-bond donors (Lipinski definition) is 1. The van der Waals surface area contributed by atoms with Crippen LogP contribution in [-0.4, -0.2) is 29.3 Å². The largest absolute Gasteiger partial charge is 0.313 e. The van der Waals surface area contributed by atoms with Crippen LogP contribution in [0.4, 0.5) is 5.69 Å². The van der Waals surface area contributed by atoms with Crippen molar-refractivity contribution in [3.05, 3.63) is 47.8 Å². The molecule has 110 valence electrons. The van der Waals surface area contributed by atoms with Gasteiger partial charge in [-0.05, 0) is 37.6 Å². The second kappa shape index (κ2) is 5.69. The van der Waals surface area contributed by atoms with Crippen LogP contribution in [0.5, 0.6) is 0 Å². The van der Waals surface area contributed by atoms with Crippen LogP contribution in [-0.2, 0) is 7.05 Å². The summed E-state index contributed by atoms with van der Waals surface area (Å²) in [5.74, 6) is 0.0132. The zero-order chi connectivity index (χ0) is 14.8. The lowest BCUT2D eigenvalue weighted by Gasteiger charge is -2.24. The van der Waals surface area contributed by atoms with Crippen LogP contribution in [0, 0.1) is 0 Å². The summed E-state index contributed by atoms with van der Waals surface area (Å²) in [4.78, 5) is 14.7. The maximum Gasteiger partial charge on any atom is 0.276 e. The highest BCUT2D eigenvalue weighted by atomic mass is 16.2. The van der Waals surface area contributed by atoms with E-state index < -0.39 is 0 Å². The Morgan fingerprint density at radius 1 is 1.33 bits per heavy atom. The fraction of sp³-hybridized carbons (Fsp3) is 0.375. The average molecular weight is 284 g/mol. The number of para-hydroxylation sites is 1. The molecule has 1 aromatic heterocycles. The highest BCUT2D eigenvalue weighted by Crippen LogP contribution is 2.33. The molecule has 1 amide bonds. The molecular weight excluding hydrogens is 264 g/mol. The predicted molar refractivity (Wildman–Crippen MR) is 82.4 cm³/mol. The molecule has 1 N–H and O–H groups in total. The highest BCUT2D eigenvalue weighted by molar-refractivity contribution is 6.05. The smallest absolute Gasteiger partial charge is 0.276 e. The topological polar surface area (TPSA) is 50.2 Å². The van der Waals surface area contributed by atoms with Crippen molar-refractivity contribution in [3.8, 4) is 0 Å². The zero-order valence-electron chi connectivity index (χ0n) is 12.4. The van der Waals surface area contributed by atoms with E-state index in [0.29, 0.717) is 11.7 Å². The number of rotatable bonds is 2. The van der Waals surface area contributed by atoms with E-state index >= 15 is 0 Å². The number of anilines is 1. The number of hydrogen-bond acceptors (Lipinski definition) is 3. The maximum absolute atomic E-state index is 12.8. The molecular formula is C16H20N4O. The van der Waals surface area contributed by atoms with Crippen molar-refractivity contribution in [3.63, 3.8) is 0 Å². The van der Waals surface area contributed by atoms with Crippen LogP contribution in [0.1, 0.15) is 34.9 Å². The van der Waals surface area contributed by atoms with Gasteiger partial charge in [0.15, 0.2) is 0 Å². The van der Waals surface area contributed by atoms with Gasteiger partial charge in [0.2, 0.25) is 0 Å². The van der Waals surface area contributed by atoms with E-state index in [1.165, 1.54) is 5.56 Å². The number of aromatic nitrogens is 2. The molecule has 1 aliphatic heterocycles. The van der Waals surface area contributed by atoms with Crippen LogP contribution in [0.25, 0.3) is 0 Å². The molecule has 0 radical (unpaired) electrons. The van der Waals surface area contributed by atoms with Gasteiger partial charge < -0.3 is 10.2 Å². The molecule has 3 rings (SSSR count). The number of benzene rings is 1. The van der Waals surface area contributed by atoms with Crippen molar-refractivity contribution in [2.75, 3.05) is 18.5 Å². The molecule has 1 aliphatic rings. The number of nitrogens with zero attached hydrogens (tertiary/aromatic N) is 3. The maximum atomic E-state index is 12.8. The quantitative estimate of drug-likeness (QED) is 0.919. The van der Waals surface area contributed by atoms with Crippen molar-refractivity contribution in [2.45, 2.75) is 18.9 Å². The van der Waals surface area contributed by atoms with Crippen molar-refractivity contribution < 1.29 is 4.79 Å². The molecule has 0 aliphatic carbocycles. The summed E-state index contributed by atoms with van der Waals surface area (Å²) in [5, 5.41) is 7.45. The van der Waals surface area contributed by atoms with Crippen molar-refractivity contribution in [1.29, 1.82) is 0 Å². The molecule has 5 heteroatoms. The minimum Gasteiger partial charge on any atom is -0.313 e. The van der Waals surface area contributed by atoms with Crippen LogP contribution < -0.4 is 10.2 Å². The first-order valence-corrected chi connectivity index (χ1v) is 7.28. The predicted octanol–water partition coefficient (Wildman–Crippen LogP) is 2.12. The van der Waals surface area contributed by atoms with E-state index in [0.717, 1.165) is 25.1 Å². The summed E-state index contributed by atoms with van der Waals surface area (Å²) in [5.41, 5.74) is 2.81. The van der Waals surface area contributed by atoms with E-state index in [9.17, 15) is 4.79 Å². The van der Waals surface area contributed by atoms with Crippen molar-refractivity contribution >= 4 is 11.6 Å². The zero-order valence-corrected chi connectivity index (χ0v) is 12.4. The Morgan fingerprint density at radius 2 is 2.14 bits per heavy atom. The second-order valence-corrected chi connectivity index (χ2v) is 5.34. The molecule has 5 nitrogen and oxygen atoms in total. The lowest BCUT2D eigenvalue weighted by atomic mass is 10.0. The van der Waals surface area contributed by atoms with E-state index in [1.54, 1.807) is 24.0 Å². The molecule has 1 aromatic carbocycles. The normalized spacial score (nSPS) is 18.2. The third-order valence-corrected chi connectivity index (χ3v) is 4.11. The summed E-state index contributed by atoms with van der Waals surface area (Å²) in [6.45, 7) is 0.735. The number of amides is 1. The van der Waals surface area contributed by atoms with Gasteiger partial charge in [0.1, 0.15) is 5.69 Å². The molecule has 1 atom stereocenters. The standard InChI is InChI=1S/C16H20N4O/c1-17-13-7-5-11-20(14-8-4-3-6-12(13)14)16(21)15-9-10-18-19(15)2/h3-4,6,8-10,13,17H,5,7,11H2,1-2H3. The second-order valence-electron chi connectivity index (χ2n) is 5.34. The van der Waals surface area contributed by atoms with E-state index in [2.05, 4.69) is 16.5 Å². The lowest BCUT2D eigenvalue weighted by molar-refractivity contribution is 0.0978. The Bertz CT molecular complexity index is 649. The van der Waals surface area contributed by atoms with Gasteiger partial charge in [-0.25, -0.2) is 0 Å². The van der Waals surface area contributed by atoms with Crippen molar-refractivity contribution in [2.24, 2.45) is 7.05 Å². The summed E-state index contributed by atoms with van der Waals surface area (Å²) in [7, 11) is 3.77. The Balaban J connectivity index is 2.03. The fourth-order valence-electron chi connectivity index (χ4n) is 2.99. The van der Waals surface area contributed by atoms with Crippen LogP contribution in [0.15, 0.2) is 36.5 Å². The number of carbonyl (C=O) groups is 1. The fourth-order valence-corrected chi connectivity index (χ4v) is 2.99. The Labute approximate surface area is 124 Å². The number of carbonyl (C=O) groups excluding carboxylic acids is 1. The van der Waals surface area contributed by atoms with Gasteiger partial charge in [-0.3, -0.25) is 9.48 Å². The van der Waals surface area contributed by atoms with Gasteiger partial charge in [0.25, 0.3) is 5.91 Å². The first-order valence-electron chi connectivity index (χ1n) is 7.28. The molecule has 2 aromatic rings. The van der Waals surface area contributed by atoms with E-state index in [4.69, 9.17) is 0 Å². The summed E-state index contributed by atoms with van der Waals surface area (Å²) < 4.78 is 1.63. The molecule has 21 heavy (non-hydrogen) atoms. The number of nitrogens with one attached hydrogen (secondary N) is 1. The summed E-state index contributed by atoms with van der Waals surface area (Å²) >= 11 is 0. The third kappa shape index (κ3) is 2.45. The third-order valence-electron chi connectivity index (χ3n) is 4.11. The molecule has 0 saturated carbocycles. The minimum atomic E-state index is 0.0132. The van der Waals surface area contributed by atoms with Gasteiger partial charge in [-0.1, -0.05) is 18.2 Å². The number of aryl methyl sites for hydroxylation is 1. The monoisotopic (exact) mass is 284 g/mol. The Kier molecular flexibility index (Phi) is 3.75. The number of fused-ring (bicyclic) bond motifs is 1.